The van der Waals surface area contributed by atoms with Gasteiger partial charge in [-0.15, -0.1) is 0 Å². The second-order valence-corrected chi connectivity index (χ2v) is 3.95. The number of carbonyl (C=O) groups is 1. The zero-order chi connectivity index (χ0) is 12.0. The highest BCUT2D eigenvalue weighted by Crippen LogP contribution is 2.12. The van der Waals surface area contributed by atoms with Crippen molar-refractivity contribution in [2.24, 2.45) is 0 Å². The molecule has 0 radical (unpaired) electrons. The van der Waals surface area contributed by atoms with Crippen molar-refractivity contribution in [1.29, 1.82) is 0 Å². The van der Waals surface area contributed by atoms with Crippen LogP contribution in [0.15, 0.2) is 0 Å². The van der Waals surface area contributed by atoms with Crippen molar-refractivity contribution >= 4 is 5.91 Å². The molecule has 0 aromatic carbocycles. The maximum atomic E-state index is 11.8. The van der Waals surface area contributed by atoms with Crippen LogP contribution in [0.1, 0.15) is 20.3 Å². The summed E-state index contributed by atoms with van der Waals surface area (Å²) in [5, 5.41) is 3.25. The molecule has 1 saturated heterocycles. The molecule has 0 aromatic rings. The lowest BCUT2D eigenvalue weighted by atomic mass is 10.3. The molecule has 0 spiro atoms. The molecule has 5 heteroatoms. The van der Waals surface area contributed by atoms with Gasteiger partial charge in [-0.1, -0.05) is 6.92 Å². The van der Waals surface area contributed by atoms with E-state index in [0.29, 0.717) is 26.4 Å². The second-order valence-electron chi connectivity index (χ2n) is 3.95. The third-order valence-electron chi connectivity index (χ3n) is 2.77. The molecular formula is C11H22N2O3. The second kappa shape index (κ2) is 6.83. The first-order valence-electron chi connectivity index (χ1n) is 5.84. The number of nitrogens with one attached hydrogen (secondary N) is 1. The summed E-state index contributed by atoms with van der Waals surface area (Å²) in [4.78, 5) is 13.6. The summed E-state index contributed by atoms with van der Waals surface area (Å²) < 4.78 is 10.2. The van der Waals surface area contributed by atoms with Crippen LogP contribution in [0.2, 0.25) is 0 Å². The Kier molecular flexibility index (Phi) is 5.73. The highest BCUT2D eigenvalue weighted by molar-refractivity contribution is 5.83. The average molecular weight is 230 g/mol. The lowest BCUT2D eigenvalue weighted by Crippen LogP contribution is -2.39. The van der Waals surface area contributed by atoms with E-state index in [0.717, 1.165) is 6.42 Å². The molecular weight excluding hydrogens is 208 g/mol. The van der Waals surface area contributed by atoms with Crippen LogP contribution < -0.4 is 5.32 Å². The van der Waals surface area contributed by atoms with E-state index in [-0.39, 0.29) is 18.1 Å². The minimum Gasteiger partial charge on any atom is -0.382 e. The smallest absolute Gasteiger partial charge is 0.240 e. The summed E-state index contributed by atoms with van der Waals surface area (Å²) in [7, 11) is 1.64. The number of carbonyl (C=O) groups excluding carboxylic acids is 1. The predicted octanol–water partition coefficient (Wildman–Crippen LogP) is 0.206. The molecule has 1 heterocycles. The van der Waals surface area contributed by atoms with Crippen LogP contribution in [0.5, 0.6) is 0 Å². The Morgan fingerprint density at radius 1 is 1.38 bits per heavy atom. The molecule has 1 aliphatic rings. The van der Waals surface area contributed by atoms with Crippen molar-refractivity contribution < 1.29 is 14.3 Å². The fourth-order valence-corrected chi connectivity index (χ4v) is 1.86. The molecule has 1 rings (SSSR count). The number of rotatable bonds is 7. The van der Waals surface area contributed by atoms with Gasteiger partial charge in [-0.05, 0) is 13.3 Å². The van der Waals surface area contributed by atoms with Gasteiger partial charge in [0.05, 0.1) is 32.0 Å². The van der Waals surface area contributed by atoms with Gasteiger partial charge in [0.1, 0.15) is 0 Å². The van der Waals surface area contributed by atoms with Crippen molar-refractivity contribution in [2.75, 3.05) is 33.5 Å². The highest BCUT2D eigenvalue weighted by Gasteiger charge is 2.34. The van der Waals surface area contributed by atoms with Gasteiger partial charge in [0, 0.05) is 13.7 Å². The molecule has 1 fully saturated rings. The van der Waals surface area contributed by atoms with Crippen LogP contribution in [0.25, 0.3) is 0 Å². The molecule has 94 valence electrons. The first-order valence-corrected chi connectivity index (χ1v) is 5.84. The maximum Gasteiger partial charge on any atom is 0.240 e. The van der Waals surface area contributed by atoms with E-state index >= 15 is 0 Å². The van der Waals surface area contributed by atoms with Gasteiger partial charge < -0.3 is 14.4 Å². The summed E-state index contributed by atoms with van der Waals surface area (Å²) in [6.07, 6.45) is 1.09. The van der Waals surface area contributed by atoms with Gasteiger partial charge in [0.2, 0.25) is 5.91 Å². The first-order chi connectivity index (χ1) is 7.70. The van der Waals surface area contributed by atoms with E-state index in [1.54, 1.807) is 7.11 Å². The van der Waals surface area contributed by atoms with Crippen LogP contribution in [-0.2, 0) is 14.3 Å². The summed E-state index contributed by atoms with van der Waals surface area (Å²) in [5.74, 6) is 0.169. The van der Waals surface area contributed by atoms with E-state index < -0.39 is 0 Å². The predicted molar refractivity (Wildman–Crippen MR) is 61.1 cm³/mol. The zero-order valence-corrected chi connectivity index (χ0v) is 10.4. The van der Waals surface area contributed by atoms with Gasteiger partial charge in [-0.25, -0.2) is 0 Å². The van der Waals surface area contributed by atoms with E-state index in [1.165, 1.54) is 0 Å². The van der Waals surface area contributed by atoms with Gasteiger partial charge in [-0.3, -0.25) is 10.1 Å². The Hall–Kier alpha value is -0.650. The lowest BCUT2D eigenvalue weighted by molar-refractivity contribution is -0.130. The zero-order valence-electron chi connectivity index (χ0n) is 10.4. The fraction of sp³-hybridized carbons (Fsp3) is 0.909. The van der Waals surface area contributed by atoms with Crippen molar-refractivity contribution in [3.8, 4) is 0 Å². The SMILES string of the molecule is CCC1NC(C)C(=O)N1CCOCCOC. The molecule has 1 N–H and O–H groups in total. The van der Waals surface area contributed by atoms with Crippen molar-refractivity contribution in [2.45, 2.75) is 32.5 Å². The molecule has 0 aromatic heterocycles. The third kappa shape index (κ3) is 3.43. The molecule has 0 saturated carbocycles. The Balaban J connectivity index is 2.26. The normalized spacial score (nSPS) is 25.4. The molecule has 1 amide bonds. The van der Waals surface area contributed by atoms with E-state index in [2.05, 4.69) is 12.2 Å². The van der Waals surface area contributed by atoms with E-state index in [9.17, 15) is 4.79 Å². The number of hydrogen-bond donors (Lipinski definition) is 1. The van der Waals surface area contributed by atoms with Crippen LogP contribution in [0.4, 0.5) is 0 Å². The molecule has 2 atom stereocenters. The number of hydrogen-bond acceptors (Lipinski definition) is 4. The van der Waals surface area contributed by atoms with Crippen LogP contribution in [0, 0.1) is 0 Å². The largest absolute Gasteiger partial charge is 0.382 e. The van der Waals surface area contributed by atoms with Crippen molar-refractivity contribution in [3.63, 3.8) is 0 Å². The third-order valence-corrected chi connectivity index (χ3v) is 2.77. The van der Waals surface area contributed by atoms with E-state index in [4.69, 9.17) is 9.47 Å². The maximum absolute atomic E-state index is 11.8. The molecule has 0 bridgehead atoms. The topological polar surface area (TPSA) is 50.8 Å². The Morgan fingerprint density at radius 2 is 2.12 bits per heavy atom. The summed E-state index contributed by atoms with van der Waals surface area (Å²) in [6.45, 7) is 6.37. The Bertz CT molecular complexity index is 223. The monoisotopic (exact) mass is 230 g/mol. The van der Waals surface area contributed by atoms with Crippen molar-refractivity contribution in [3.05, 3.63) is 0 Å². The molecule has 0 aliphatic carbocycles. The quantitative estimate of drug-likeness (QED) is 0.635. The minimum absolute atomic E-state index is 0.0658. The lowest BCUT2D eigenvalue weighted by Gasteiger charge is -2.22. The van der Waals surface area contributed by atoms with Gasteiger partial charge in [-0.2, -0.15) is 0 Å². The summed E-state index contributed by atoms with van der Waals surface area (Å²) in [5.41, 5.74) is 0. The Labute approximate surface area is 97.1 Å². The first kappa shape index (κ1) is 13.4. The number of methoxy groups -OCH3 is 1. The number of amides is 1. The van der Waals surface area contributed by atoms with Crippen molar-refractivity contribution in [1.82, 2.24) is 10.2 Å². The standard InChI is InChI=1S/C11H22N2O3/c1-4-10-12-9(2)11(14)13(10)5-6-16-8-7-15-3/h9-10,12H,4-8H2,1-3H3. The van der Waals surface area contributed by atoms with Crippen LogP contribution in [-0.4, -0.2) is 56.5 Å². The molecule has 1 aliphatic heterocycles. The van der Waals surface area contributed by atoms with Gasteiger partial charge in [0.25, 0.3) is 0 Å². The average Bonchev–Trinajstić information content (AvgIpc) is 2.56. The molecule has 16 heavy (non-hydrogen) atoms. The highest BCUT2D eigenvalue weighted by atomic mass is 16.5. The molecule has 2 unspecified atom stereocenters. The van der Waals surface area contributed by atoms with E-state index in [1.807, 2.05) is 11.8 Å². The molecule has 5 nitrogen and oxygen atoms in total. The van der Waals surface area contributed by atoms with Crippen LogP contribution in [0.3, 0.4) is 0 Å². The van der Waals surface area contributed by atoms with Crippen LogP contribution >= 0.6 is 0 Å². The number of ether oxygens (including phenoxy) is 2. The van der Waals surface area contributed by atoms with Gasteiger partial charge >= 0.3 is 0 Å². The number of nitrogens with zero attached hydrogens (tertiary/aromatic N) is 1. The Morgan fingerprint density at radius 3 is 2.75 bits per heavy atom. The summed E-state index contributed by atoms with van der Waals surface area (Å²) in [6, 6.07) is -0.0658. The fourth-order valence-electron chi connectivity index (χ4n) is 1.86. The minimum atomic E-state index is -0.0658. The summed E-state index contributed by atoms with van der Waals surface area (Å²) >= 11 is 0. The van der Waals surface area contributed by atoms with Gasteiger partial charge in [0.15, 0.2) is 0 Å².